The number of hydrogen-bond donors (Lipinski definition) is 1. The smallest absolute Gasteiger partial charge is 0.377 e. The molecule has 0 saturated heterocycles. The molecule has 0 heterocycles. The summed E-state index contributed by atoms with van der Waals surface area (Å²) < 4.78 is 9.32. The summed E-state index contributed by atoms with van der Waals surface area (Å²) in [5.74, 6) is -3.34. The molecule has 0 radical (unpaired) electrons. The highest BCUT2D eigenvalue weighted by atomic mass is 16.5. The zero-order chi connectivity index (χ0) is 13.0. The average molecular weight is 238 g/mol. The SMILES string of the molecule is COC(=O)c1ccc(OC)c(C(=O)C(=O)O)c1. The molecular weight excluding hydrogens is 228 g/mol. The minimum Gasteiger partial charge on any atom is -0.496 e. The summed E-state index contributed by atoms with van der Waals surface area (Å²) in [6.45, 7) is 0. The maximum Gasteiger partial charge on any atom is 0.377 e. The molecule has 0 aliphatic heterocycles. The van der Waals surface area contributed by atoms with E-state index >= 15 is 0 Å². The van der Waals surface area contributed by atoms with Gasteiger partial charge in [-0.1, -0.05) is 0 Å². The van der Waals surface area contributed by atoms with Crippen molar-refractivity contribution in [3.8, 4) is 5.75 Å². The Labute approximate surface area is 96.8 Å². The number of ketones is 1. The normalized spacial score (nSPS) is 9.53. The first-order valence-electron chi connectivity index (χ1n) is 4.55. The van der Waals surface area contributed by atoms with Crippen molar-refractivity contribution >= 4 is 17.7 Å². The molecule has 0 aliphatic carbocycles. The fourth-order valence-corrected chi connectivity index (χ4v) is 1.25. The second-order valence-electron chi connectivity index (χ2n) is 3.04. The van der Waals surface area contributed by atoms with Crippen molar-refractivity contribution in [2.24, 2.45) is 0 Å². The second kappa shape index (κ2) is 5.11. The van der Waals surface area contributed by atoms with Gasteiger partial charge in [0.2, 0.25) is 0 Å². The van der Waals surface area contributed by atoms with Crippen molar-refractivity contribution in [1.82, 2.24) is 0 Å². The maximum atomic E-state index is 11.4. The van der Waals surface area contributed by atoms with Crippen molar-refractivity contribution in [3.05, 3.63) is 29.3 Å². The molecule has 17 heavy (non-hydrogen) atoms. The number of esters is 1. The quantitative estimate of drug-likeness (QED) is 0.473. The molecule has 0 aromatic heterocycles. The minimum absolute atomic E-state index is 0.0814. The number of carbonyl (C=O) groups excluding carboxylic acids is 2. The van der Waals surface area contributed by atoms with Crippen LogP contribution in [-0.4, -0.2) is 37.0 Å². The van der Waals surface area contributed by atoms with Gasteiger partial charge in [0, 0.05) is 0 Å². The fourth-order valence-electron chi connectivity index (χ4n) is 1.25. The number of carboxylic acid groups (broad SMARTS) is 1. The van der Waals surface area contributed by atoms with E-state index in [0.29, 0.717) is 0 Å². The van der Waals surface area contributed by atoms with Crippen LogP contribution in [-0.2, 0) is 9.53 Å². The molecule has 0 fully saturated rings. The van der Waals surface area contributed by atoms with Crippen LogP contribution in [0.5, 0.6) is 5.75 Å². The zero-order valence-electron chi connectivity index (χ0n) is 9.22. The van der Waals surface area contributed by atoms with Gasteiger partial charge >= 0.3 is 11.9 Å². The Morgan fingerprint density at radius 3 is 2.29 bits per heavy atom. The topological polar surface area (TPSA) is 89.9 Å². The molecule has 0 amide bonds. The zero-order valence-corrected chi connectivity index (χ0v) is 9.22. The highest BCUT2D eigenvalue weighted by Gasteiger charge is 2.21. The van der Waals surface area contributed by atoms with Crippen LogP contribution in [0.25, 0.3) is 0 Å². The van der Waals surface area contributed by atoms with Crippen LogP contribution in [0.3, 0.4) is 0 Å². The van der Waals surface area contributed by atoms with E-state index in [1.54, 1.807) is 0 Å². The van der Waals surface area contributed by atoms with E-state index in [1.165, 1.54) is 26.4 Å². The van der Waals surface area contributed by atoms with Gasteiger partial charge in [0.1, 0.15) is 5.75 Å². The number of methoxy groups -OCH3 is 2. The molecule has 0 bridgehead atoms. The number of carbonyl (C=O) groups is 3. The number of aliphatic carboxylic acids is 1. The number of hydrogen-bond acceptors (Lipinski definition) is 5. The number of Topliss-reactive ketones (excluding diaryl/α,β-unsaturated/α-hetero) is 1. The number of ether oxygens (including phenoxy) is 2. The van der Waals surface area contributed by atoms with E-state index < -0.39 is 17.7 Å². The maximum absolute atomic E-state index is 11.4. The van der Waals surface area contributed by atoms with Gasteiger partial charge in [-0.25, -0.2) is 9.59 Å². The van der Waals surface area contributed by atoms with E-state index in [2.05, 4.69) is 4.74 Å². The van der Waals surface area contributed by atoms with Crippen LogP contribution in [0.1, 0.15) is 20.7 Å². The molecule has 0 atom stereocenters. The molecule has 1 aromatic carbocycles. The molecular formula is C11H10O6. The Hall–Kier alpha value is -2.37. The Bertz CT molecular complexity index is 477. The third-order valence-corrected chi connectivity index (χ3v) is 2.06. The molecule has 6 nitrogen and oxygen atoms in total. The first kappa shape index (κ1) is 12.7. The average Bonchev–Trinajstić information content (AvgIpc) is 2.35. The summed E-state index contributed by atoms with van der Waals surface area (Å²) in [6, 6.07) is 3.84. The third-order valence-electron chi connectivity index (χ3n) is 2.06. The van der Waals surface area contributed by atoms with E-state index in [1.807, 2.05) is 0 Å². The Kier molecular flexibility index (Phi) is 3.82. The highest BCUT2D eigenvalue weighted by Crippen LogP contribution is 2.21. The summed E-state index contributed by atoms with van der Waals surface area (Å²) in [5.41, 5.74) is -0.110. The van der Waals surface area contributed by atoms with Crippen molar-refractivity contribution < 1.29 is 29.0 Å². The minimum atomic E-state index is -1.62. The summed E-state index contributed by atoms with van der Waals surface area (Å²) in [6.07, 6.45) is 0. The number of carboxylic acids is 1. The molecule has 1 N–H and O–H groups in total. The molecule has 0 unspecified atom stereocenters. The van der Waals surface area contributed by atoms with Crippen LogP contribution in [0.2, 0.25) is 0 Å². The van der Waals surface area contributed by atoms with Crippen molar-refractivity contribution in [2.75, 3.05) is 14.2 Å². The third kappa shape index (κ3) is 2.60. The van der Waals surface area contributed by atoms with Crippen LogP contribution in [0.4, 0.5) is 0 Å². The van der Waals surface area contributed by atoms with Crippen LogP contribution < -0.4 is 4.74 Å². The standard InChI is InChI=1S/C11H10O6/c1-16-8-4-3-6(11(15)17-2)5-7(8)9(12)10(13)14/h3-5H,1-2H3,(H,13,14). The lowest BCUT2D eigenvalue weighted by Gasteiger charge is -2.07. The lowest BCUT2D eigenvalue weighted by molar-refractivity contribution is -0.131. The Morgan fingerprint density at radius 1 is 1.18 bits per heavy atom. The monoisotopic (exact) mass is 238 g/mol. The Balaban J connectivity index is 3.29. The van der Waals surface area contributed by atoms with Gasteiger partial charge in [0.05, 0.1) is 25.3 Å². The van der Waals surface area contributed by atoms with Gasteiger partial charge in [-0.15, -0.1) is 0 Å². The van der Waals surface area contributed by atoms with Crippen molar-refractivity contribution in [2.45, 2.75) is 0 Å². The summed E-state index contributed by atoms with van der Waals surface area (Å²) in [4.78, 5) is 33.2. The van der Waals surface area contributed by atoms with Gasteiger partial charge in [-0.2, -0.15) is 0 Å². The summed E-state index contributed by atoms with van der Waals surface area (Å²) >= 11 is 0. The van der Waals surface area contributed by atoms with Crippen LogP contribution in [0.15, 0.2) is 18.2 Å². The summed E-state index contributed by atoms with van der Waals surface area (Å²) in [7, 11) is 2.48. The van der Waals surface area contributed by atoms with Crippen LogP contribution in [0, 0.1) is 0 Å². The van der Waals surface area contributed by atoms with Gasteiger partial charge in [-0.05, 0) is 18.2 Å². The fraction of sp³-hybridized carbons (Fsp3) is 0.182. The largest absolute Gasteiger partial charge is 0.496 e. The van der Waals surface area contributed by atoms with Gasteiger partial charge < -0.3 is 14.6 Å². The number of benzene rings is 1. The van der Waals surface area contributed by atoms with Crippen molar-refractivity contribution in [1.29, 1.82) is 0 Å². The predicted molar refractivity (Wildman–Crippen MR) is 56.3 cm³/mol. The van der Waals surface area contributed by atoms with E-state index in [0.717, 1.165) is 6.07 Å². The Morgan fingerprint density at radius 2 is 1.82 bits per heavy atom. The first-order valence-corrected chi connectivity index (χ1v) is 4.55. The van der Waals surface area contributed by atoms with Crippen molar-refractivity contribution in [3.63, 3.8) is 0 Å². The lowest BCUT2D eigenvalue weighted by Crippen LogP contribution is -2.15. The van der Waals surface area contributed by atoms with Gasteiger partial charge in [0.25, 0.3) is 5.78 Å². The van der Waals surface area contributed by atoms with E-state index in [9.17, 15) is 14.4 Å². The highest BCUT2D eigenvalue weighted by molar-refractivity contribution is 6.40. The molecule has 0 aliphatic rings. The molecule has 0 saturated carbocycles. The lowest BCUT2D eigenvalue weighted by atomic mass is 10.1. The summed E-state index contributed by atoms with van der Waals surface area (Å²) in [5, 5.41) is 8.62. The second-order valence-corrected chi connectivity index (χ2v) is 3.04. The predicted octanol–water partition coefficient (Wildman–Crippen LogP) is 0.749. The molecule has 0 spiro atoms. The van der Waals surface area contributed by atoms with Gasteiger partial charge in [-0.3, -0.25) is 4.79 Å². The van der Waals surface area contributed by atoms with Crippen LogP contribution >= 0.6 is 0 Å². The molecule has 90 valence electrons. The molecule has 1 aromatic rings. The van der Waals surface area contributed by atoms with Gasteiger partial charge in [0.15, 0.2) is 0 Å². The number of rotatable bonds is 4. The first-order chi connectivity index (χ1) is 8.01. The molecule has 1 rings (SSSR count). The van der Waals surface area contributed by atoms with E-state index in [-0.39, 0.29) is 16.9 Å². The molecule has 6 heteroatoms. The van der Waals surface area contributed by atoms with E-state index in [4.69, 9.17) is 9.84 Å².